The molecule has 0 saturated heterocycles. The van der Waals surface area contributed by atoms with Crippen LogP contribution in [0.15, 0.2) is 0 Å². The van der Waals surface area contributed by atoms with Crippen LogP contribution < -0.4 is 5.73 Å². The van der Waals surface area contributed by atoms with Gasteiger partial charge in [-0.2, -0.15) is 0 Å². The number of carbonyl (C=O) groups is 1. The molecule has 1 atom stereocenters. The van der Waals surface area contributed by atoms with Crippen LogP contribution in [0.4, 0.5) is 0 Å². The third kappa shape index (κ3) is 2.20. The molecule has 0 aliphatic heterocycles. The summed E-state index contributed by atoms with van der Waals surface area (Å²) in [7, 11) is 0. The van der Waals surface area contributed by atoms with Crippen LogP contribution in [0.3, 0.4) is 0 Å². The van der Waals surface area contributed by atoms with Gasteiger partial charge in [0.15, 0.2) is 5.60 Å². The number of alkyl halides is 1. The van der Waals surface area contributed by atoms with E-state index in [-0.39, 0.29) is 11.8 Å². The van der Waals surface area contributed by atoms with Crippen LogP contribution in [0.25, 0.3) is 0 Å². The minimum atomic E-state index is -1.50. The molecular formula is C10H18ClNO2. The Bertz CT molecular complexity index is 214. The predicted molar refractivity (Wildman–Crippen MR) is 56.0 cm³/mol. The number of hydrogen-bond acceptors (Lipinski definition) is 2. The molecule has 1 aliphatic rings. The molecule has 0 aromatic carbocycles. The van der Waals surface area contributed by atoms with Crippen LogP contribution in [-0.2, 0) is 4.79 Å². The monoisotopic (exact) mass is 219 g/mol. The first-order valence-corrected chi connectivity index (χ1v) is 5.62. The molecule has 1 aliphatic carbocycles. The lowest BCUT2D eigenvalue weighted by Crippen LogP contribution is -2.52. The average molecular weight is 220 g/mol. The Morgan fingerprint density at radius 2 is 2.00 bits per heavy atom. The Morgan fingerprint density at radius 3 is 2.36 bits per heavy atom. The molecule has 0 aromatic rings. The molecule has 0 spiro atoms. The maximum absolute atomic E-state index is 11.1. The van der Waals surface area contributed by atoms with Crippen molar-refractivity contribution in [1.29, 1.82) is 0 Å². The SMILES string of the molecule is CC1CCC(C(O)(CCl)C(N)=O)CC1. The molecule has 4 heteroatoms. The van der Waals surface area contributed by atoms with Crippen LogP contribution in [0.1, 0.15) is 32.6 Å². The van der Waals surface area contributed by atoms with Crippen molar-refractivity contribution in [3.63, 3.8) is 0 Å². The van der Waals surface area contributed by atoms with Crippen molar-refractivity contribution in [2.24, 2.45) is 17.6 Å². The van der Waals surface area contributed by atoms with E-state index in [1.165, 1.54) is 0 Å². The highest BCUT2D eigenvalue weighted by Gasteiger charge is 2.42. The van der Waals surface area contributed by atoms with Crippen molar-refractivity contribution in [3.05, 3.63) is 0 Å². The number of amides is 1. The summed E-state index contributed by atoms with van der Waals surface area (Å²) < 4.78 is 0. The maximum atomic E-state index is 11.1. The first-order chi connectivity index (χ1) is 6.50. The highest BCUT2D eigenvalue weighted by Crippen LogP contribution is 2.35. The van der Waals surface area contributed by atoms with Crippen LogP contribution in [0, 0.1) is 11.8 Å². The topological polar surface area (TPSA) is 63.3 Å². The minimum Gasteiger partial charge on any atom is -0.378 e. The summed E-state index contributed by atoms with van der Waals surface area (Å²) in [6, 6.07) is 0. The molecule has 14 heavy (non-hydrogen) atoms. The van der Waals surface area contributed by atoms with Crippen LogP contribution in [0.2, 0.25) is 0 Å². The van der Waals surface area contributed by atoms with Crippen LogP contribution in [0.5, 0.6) is 0 Å². The number of carbonyl (C=O) groups excluding carboxylic acids is 1. The Balaban J connectivity index is 2.66. The lowest BCUT2D eigenvalue weighted by atomic mass is 9.74. The molecule has 0 aromatic heterocycles. The molecule has 1 rings (SSSR count). The summed E-state index contributed by atoms with van der Waals surface area (Å²) >= 11 is 5.62. The van der Waals surface area contributed by atoms with Gasteiger partial charge in [0.25, 0.3) is 5.91 Å². The van der Waals surface area contributed by atoms with E-state index < -0.39 is 11.5 Å². The van der Waals surface area contributed by atoms with E-state index in [4.69, 9.17) is 17.3 Å². The van der Waals surface area contributed by atoms with Gasteiger partial charge in [-0.05, 0) is 24.7 Å². The van der Waals surface area contributed by atoms with Gasteiger partial charge in [-0.1, -0.05) is 19.8 Å². The zero-order chi connectivity index (χ0) is 10.8. The van der Waals surface area contributed by atoms with Gasteiger partial charge >= 0.3 is 0 Å². The van der Waals surface area contributed by atoms with Gasteiger partial charge in [0.1, 0.15) is 0 Å². The number of aliphatic hydroxyl groups is 1. The van der Waals surface area contributed by atoms with Gasteiger partial charge in [0, 0.05) is 0 Å². The number of primary amides is 1. The van der Waals surface area contributed by atoms with E-state index in [9.17, 15) is 9.90 Å². The van der Waals surface area contributed by atoms with Gasteiger partial charge in [-0.3, -0.25) is 4.79 Å². The van der Waals surface area contributed by atoms with Gasteiger partial charge < -0.3 is 10.8 Å². The fraction of sp³-hybridized carbons (Fsp3) is 0.900. The summed E-state index contributed by atoms with van der Waals surface area (Å²) in [5.41, 5.74) is 3.68. The minimum absolute atomic E-state index is 0.0614. The molecule has 1 saturated carbocycles. The molecule has 0 heterocycles. The summed E-state index contributed by atoms with van der Waals surface area (Å²) in [6.45, 7) is 2.18. The third-order valence-electron chi connectivity index (χ3n) is 3.32. The maximum Gasteiger partial charge on any atom is 0.250 e. The first-order valence-electron chi connectivity index (χ1n) is 5.09. The fourth-order valence-corrected chi connectivity index (χ4v) is 2.46. The number of hydrogen-bond donors (Lipinski definition) is 2. The highest BCUT2D eigenvalue weighted by atomic mass is 35.5. The van der Waals surface area contributed by atoms with Crippen LogP contribution >= 0.6 is 11.6 Å². The predicted octanol–water partition coefficient (Wildman–Crippen LogP) is 1.27. The lowest BCUT2D eigenvalue weighted by Gasteiger charge is -2.36. The van der Waals surface area contributed by atoms with Gasteiger partial charge in [0.05, 0.1) is 5.88 Å². The summed E-state index contributed by atoms with van der Waals surface area (Å²) in [5, 5.41) is 10.0. The first kappa shape index (κ1) is 11.8. The van der Waals surface area contributed by atoms with Crippen molar-refractivity contribution in [3.8, 4) is 0 Å². The molecule has 82 valence electrons. The molecule has 0 bridgehead atoms. The molecule has 1 amide bonds. The summed E-state index contributed by atoms with van der Waals surface area (Å²) in [5.74, 6) is -0.166. The molecule has 0 radical (unpaired) electrons. The largest absolute Gasteiger partial charge is 0.378 e. The fourth-order valence-electron chi connectivity index (χ4n) is 2.11. The van der Waals surface area contributed by atoms with Crippen molar-refractivity contribution in [2.45, 2.75) is 38.2 Å². The smallest absolute Gasteiger partial charge is 0.250 e. The number of rotatable bonds is 3. The van der Waals surface area contributed by atoms with Crippen molar-refractivity contribution in [2.75, 3.05) is 5.88 Å². The standard InChI is InChI=1S/C10H18ClNO2/c1-7-2-4-8(5-3-7)10(14,6-11)9(12)13/h7-8,14H,2-6H2,1H3,(H2,12,13). The molecule has 1 unspecified atom stereocenters. The zero-order valence-electron chi connectivity index (χ0n) is 8.50. The second-order valence-corrected chi connectivity index (χ2v) is 4.65. The molecule has 3 nitrogen and oxygen atoms in total. The molecule has 1 fully saturated rings. The Labute approximate surface area is 89.6 Å². The van der Waals surface area contributed by atoms with Crippen LogP contribution in [-0.4, -0.2) is 22.5 Å². The summed E-state index contributed by atoms with van der Waals surface area (Å²) in [6.07, 6.45) is 3.76. The number of nitrogens with two attached hydrogens (primary N) is 1. The lowest BCUT2D eigenvalue weighted by molar-refractivity contribution is -0.141. The van der Waals surface area contributed by atoms with E-state index in [0.29, 0.717) is 5.92 Å². The van der Waals surface area contributed by atoms with E-state index in [2.05, 4.69) is 6.92 Å². The van der Waals surface area contributed by atoms with E-state index in [0.717, 1.165) is 25.7 Å². The second kappa shape index (κ2) is 4.49. The summed E-state index contributed by atoms with van der Waals surface area (Å²) in [4.78, 5) is 11.1. The average Bonchev–Trinajstić information content (AvgIpc) is 2.17. The van der Waals surface area contributed by atoms with Crippen molar-refractivity contribution < 1.29 is 9.90 Å². The van der Waals surface area contributed by atoms with Gasteiger partial charge in [-0.25, -0.2) is 0 Å². The normalized spacial score (nSPS) is 32.2. The third-order valence-corrected chi connectivity index (χ3v) is 3.73. The molecular weight excluding hydrogens is 202 g/mol. The van der Waals surface area contributed by atoms with E-state index in [1.54, 1.807) is 0 Å². The molecule has 3 N–H and O–H groups in total. The second-order valence-electron chi connectivity index (χ2n) is 4.38. The highest BCUT2D eigenvalue weighted by molar-refractivity contribution is 6.20. The Kier molecular flexibility index (Phi) is 3.78. The van der Waals surface area contributed by atoms with Crippen molar-refractivity contribution >= 4 is 17.5 Å². The van der Waals surface area contributed by atoms with E-state index in [1.807, 2.05) is 0 Å². The van der Waals surface area contributed by atoms with E-state index >= 15 is 0 Å². The van der Waals surface area contributed by atoms with Gasteiger partial charge in [0.2, 0.25) is 0 Å². The Hall–Kier alpha value is -0.280. The van der Waals surface area contributed by atoms with Crippen molar-refractivity contribution in [1.82, 2.24) is 0 Å². The van der Waals surface area contributed by atoms with Gasteiger partial charge in [-0.15, -0.1) is 11.6 Å². The Morgan fingerprint density at radius 1 is 1.50 bits per heavy atom. The quantitative estimate of drug-likeness (QED) is 0.703. The zero-order valence-corrected chi connectivity index (χ0v) is 9.26. The number of halogens is 1.